The number of hydrogen-bond acceptors (Lipinski definition) is 3. The first kappa shape index (κ1) is 24.2. The highest BCUT2D eigenvalue weighted by atomic mass is 16.2. The van der Waals surface area contributed by atoms with E-state index in [1.165, 1.54) is 6.42 Å². The molecule has 1 fully saturated rings. The standard InChI is InChI=1S/C29H37N3O2/c1-5-6-18-31(28(33)23-12-8-7-9-13-23)22(4)27-30-25-15-11-10-14-24(25)29(34)32(27)26-19-20(2)16-17-21(26)3/h10-11,14-17,19,22-23H,5-9,12-13,18H2,1-4H3. The molecule has 0 spiro atoms. The molecular formula is C29H37N3O2. The average molecular weight is 460 g/mol. The van der Waals surface area contributed by atoms with E-state index < -0.39 is 0 Å². The van der Waals surface area contributed by atoms with E-state index in [9.17, 15) is 9.59 Å². The van der Waals surface area contributed by atoms with Crippen molar-refractivity contribution < 1.29 is 4.79 Å². The van der Waals surface area contributed by atoms with Crippen molar-refractivity contribution in [2.45, 2.75) is 78.7 Å². The maximum atomic E-state index is 13.8. The lowest BCUT2D eigenvalue weighted by atomic mass is 9.88. The van der Waals surface area contributed by atoms with Crippen molar-refractivity contribution in [3.63, 3.8) is 0 Å². The Hall–Kier alpha value is -2.95. The smallest absolute Gasteiger partial charge is 0.266 e. The molecule has 1 aliphatic carbocycles. The number of carbonyl (C=O) groups excluding carboxylic acids is 1. The van der Waals surface area contributed by atoms with Gasteiger partial charge in [-0.1, -0.05) is 56.9 Å². The summed E-state index contributed by atoms with van der Waals surface area (Å²) >= 11 is 0. The van der Waals surface area contributed by atoms with Gasteiger partial charge in [0.2, 0.25) is 5.91 Å². The summed E-state index contributed by atoms with van der Waals surface area (Å²) in [6.45, 7) is 8.92. The summed E-state index contributed by atoms with van der Waals surface area (Å²) in [6.07, 6.45) is 7.32. The number of aryl methyl sites for hydroxylation is 2. The van der Waals surface area contributed by atoms with Crippen LogP contribution in [0.1, 0.15) is 81.8 Å². The molecule has 0 aliphatic heterocycles. The van der Waals surface area contributed by atoms with Gasteiger partial charge in [0.05, 0.1) is 22.6 Å². The third-order valence-corrected chi connectivity index (χ3v) is 7.24. The number of rotatable bonds is 7. The van der Waals surface area contributed by atoms with Gasteiger partial charge >= 0.3 is 0 Å². The van der Waals surface area contributed by atoms with Crippen molar-refractivity contribution in [1.82, 2.24) is 14.5 Å². The number of amides is 1. The molecular weight excluding hydrogens is 422 g/mol. The molecule has 0 radical (unpaired) electrons. The maximum absolute atomic E-state index is 13.8. The minimum Gasteiger partial charge on any atom is -0.333 e. The topological polar surface area (TPSA) is 55.2 Å². The second-order valence-corrected chi connectivity index (χ2v) is 9.81. The van der Waals surface area contributed by atoms with E-state index >= 15 is 0 Å². The summed E-state index contributed by atoms with van der Waals surface area (Å²) in [5.41, 5.74) is 3.53. The average Bonchev–Trinajstić information content (AvgIpc) is 2.86. The molecule has 3 aromatic rings. The lowest BCUT2D eigenvalue weighted by Gasteiger charge is -2.34. The Morgan fingerprint density at radius 3 is 2.59 bits per heavy atom. The molecule has 4 rings (SSSR count). The molecule has 0 N–H and O–H groups in total. The zero-order chi connectivity index (χ0) is 24.2. The van der Waals surface area contributed by atoms with E-state index in [1.807, 2.05) is 62.1 Å². The van der Waals surface area contributed by atoms with Crippen LogP contribution in [0.15, 0.2) is 47.3 Å². The van der Waals surface area contributed by atoms with Gasteiger partial charge in [-0.25, -0.2) is 4.98 Å². The van der Waals surface area contributed by atoms with Crippen molar-refractivity contribution in [2.75, 3.05) is 6.54 Å². The lowest BCUT2D eigenvalue weighted by Crippen LogP contribution is -2.41. The molecule has 1 saturated carbocycles. The molecule has 5 heteroatoms. The Balaban J connectivity index is 1.89. The summed E-state index contributed by atoms with van der Waals surface area (Å²) in [4.78, 5) is 34.6. The second-order valence-electron chi connectivity index (χ2n) is 9.81. The molecule has 1 amide bonds. The van der Waals surface area contributed by atoms with Crippen LogP contribution in [0.2, 0.25) is 0 Å². The van der Waals surface area contributed by atoms with Gasteiger partial charge in [0.1, 0.15) is 5.82 Å². The van der Waals surface area contributed by atoms with Crippen LogP contribution in [0.3, 0.4) is 0 Å². The minimum atomic E-state index is -0.307. The van der Waals surface area contributed by atoms with Crippen LogP contribution in [0, 0.1) is 19.8 Å². The third kappa shape index (κ3) is 4.79. The quantitative estimate of drug-likeness (QED) is 0.418. The molecule has 180 valence electrons. The summed E-state index contributed by atoms with van der Waals surface area (Å²) in [5.74, 6) is 0.933. The van der Waals surface area contributed by atoms with E-state index in [1.54, 1.807) is 4.57 Å². The van der Waals surface area contributed by atoms with Gasteiger partial charge in [0.15, 0.2) is 0 Å². The number of carbonyl (C=O) groups is 1. The first-order valence-corrected chi connectivity index (χ1v) is 12.8. The molecule has 1 aliphatic rings. The van der Waals surface area contributed by atoms with Crippen LogP contribution in [0.5, 0.6) is 0 Å². The zero-order valence-corrected chi connectivity index (χ0v) is 21.0. The van der Waals surface area contributed by atoms with Crippen molar-refractivity contribution in [3.05, 3.63) is 69.8 Å². The van der Waals surface area contributed by atoms with Gasteiger partial charge in [-0.15, -0.1) is 0 Å². The minimum absolute atomic E-state index is 0.0781. The third-order valence-electron chi connectivity index (χ3n) is 7.24. The number of fused-ring (bicyclic) bond motifs is 1. The van der Waals surface area contributed by atoms with E-state index in [0.717, 1.165) is 55.3 Å². The lowest BCUT2D eigenvalue weighted by molar-refractivity contribution is -0.139. The summed E-state index contributed by atoms with van der Waals surface area (Å²) < 4.78 is 1.75. The van der Waals surface area contributed by atoms with Crippen LogP contribution in [0.4, 0.5) is 0 Å². The van der Waals surface area contributed by atoms with Crippen molar-refractivity contribution in [1.29, 1.82) is 0 Å². The summed E-state index contributed by atoms with van der Waals surface area (Å²) in [6, 6.07) is 13.4. The molecule has 1 unspecified atom stereocenters. The van der Waals surface area contributed by atoms with E-state index in [-0.39, 0.29) is 23.4 Å². The molecule has 1 heterocycles. The molecule has 1 aromatic heterocycles. The largest absolute Gasteiger partial charge is 0.333 e. The van der Waals surface area contributed by atoms with Crippen molar-refractivity contribution in [3.8, 4) is 5.69 Å². The fourth-order valence-electron chi connectivity index (χ4n) is 5.17. The number of nitrogens with zero attached hydrogens (tertiary/aromatic N) is 3. The first-order valence-electron chi connectivity index (χ1n) is 12.8. The zero-order valence-electron chi connectivity index (χ0n) is 21.0. The molecule has 0 saturated heterocycles. The van der Waals surface area contributed by atoms with Crippen LogP contribution < -0.4 is 5.56 Å². The second kappa shape index (κ2) is 10.5. The van der Waals surface area contributed by atoms with Gasteiger partial charge < -0.3 is 4.90 Å². The summed E-state index contributed by atoms with van der Waals surface area (Å²) in [5, 5.41) is 0.595. The Bertz CT molecular complexity index is 1220. The van der Waals surface area contributed by atoms with Gasteiger partial charge in [0.25, 0.3) is 5.56 Å². The number of aromatic nitrogens is 2. The molecule has 34 heavy (non-hydrogen) atoms. The highest BCUT2D eigenvalue weighted by molar-refractivity contribution is 5.80. The van der Waals surface area contributed by atoms with Gasteiger partial charge in [0, 0.05) is 12.5 Å². The predicted octanol–water partition coefficient (Wildman–Crippen LogP) is 6.27. The highest BCUT2D eigenvalue weighted by Gasteiger charge is 2.31. The van der Waals surface area contributed by atoms with Gasteiger partial charge in [-0.05, 0) is 69.4 Å². The van der Waals surface area contributed by atoms with Gasteiger partial charge in [-0.2, -0.15) is 0 Å². The highest BCUT2D eigenvalue weighted by Crippen LogP contribution is 2.30. The Labute approximate surface area is 202 Å². The summed E-state index contributed by atoms with van der Waals surface area (Å²) in [7, 11) is 0. The number of para-hydroxylation sites is 1. The number of hydrogen-bond donors (Lipinski definition) is 0. The van der Waals surface area contributed by atoms with Crippen molar-refractivity contribution in [2.24, 2.45) is 5.92 Å². The van der Waals surface area contributed by atoms with E-state index in [4.69, 9.17) is 4.98 Å². The number of benzene rings is 2. The van der Waals surface area contributed by atoms with Crippen LogP contribution in [0.25, 0.3) is 16.6 Å². The molecule has 1 atom stereocenters. The van der Waals surface area contributed by atoms with E-state index in [0.29, 0.717) is 23.3 Å². The fraction of sp³-hybridized carbons (Fsp3) is 0.483. The predicted molar refractivity (Wildman–Crippen MR) is 138 cm³/mol. The van der Waals surface area contributed by atoms with Crippen molar-refractivity contribution >= 4 is 16.8 Å². The fourth-order valence-corrected chi connectivity index (χ4v) is 5.17. The Morgan fingerprint density at radius 1 is 1.12 bits per heavy atom. The Kier molecular flexibility index (Phi) is 7.50. The SMILES string of the molecule is CCCCN(C(=O)C1CCCCC1)C(C)c1nc2ccccc2c(=O)n1-c1cc(C)ccc1C. The molecule has 0 bridgehead atoms. The van der Waals surface area contributed by atoms with Crippen LogP contribution in [-0.4, -0.2) is 26.9 Å². The molecule has 2 aromatic carbocycles. The normalized spacial score (nSPS) is 15.4. The van der Waals surface area contributed by atoms with Gasteiger partial charge in [-0.3, -0.25) is 14.2 Å². The van der Waals surface area contributed by atoms with Crippen LogP contribution >= 0.6 is 0 Å². The number of unbranched alkanes of at least 4 members (excludes halogenated alkanes) is 1. The van der Waals surface area contributed by atoms with E-state index in [2.05, 4.69) is 13.0 Å². The first-order chi connectivity index (χ1) is 16.4. The molecule has 5 nitrogen and oxygen atoms in total. The monoisotopic (exact) mass is 459 g/mol. The van der Waals surface area contributed by atoms with Crippen LogP contribution in [-0.2, 0) is 4.79 Å². The maximum Gasteiger partial charge on any atom is 0.266 e. The Morgan fingerprint density at radius 2 is 1.85 bits per heavy atom.